The van der Waals surface area contributed by atoms with E-state index in [0.29, 0.717) is 0 Å². The van der Waals surface area contributed by atoms with Crippen molar-refractivity contribution >= 4 is 6.03 Å². The molecule has 0 atom stereocenters. The topological polar surface area (TPSA) is 32.3 Å². The SMILES string of the molecule is CCCCN(CCC)C(=O)NC.[HH]. The smallest absolute Gasteiger partial charge is 0.317 e. The Hall–Kier alpha value is -0.730. The number of carbonyl (C=O) groups is 1. The van der Waals surface area contributed by atoms with Crippen molar-refractivity contribution < 1.29 is 6.22 Å². The molecule has 2 amide bonds. The number of nitrogens with one attached hydrogen (secondary N) is 1. The number of urea groups is 1. The van der Waals surface area contributed by atoms with E-state index in [-0.39, 0.29) is 7.46 Å². The van der Waals surface area contributed by atoms with Crippen LogP contribution in [-0.4, -0.2) is 31.1 Å². The van der Waals surface area contributed by atoms with E-state index < -0.39 is 0 Å². The number of hydrogen-bond donors (Lipinski definition) is 1. The summed E-state index contributed by atoms with van der Waals surface area (Å²) in [7, 11) is 1.68. The number of unbranched alkanes of at least 4 members (excludes halogenated alkanes) is 1. The van der Waals surface area contributed by atoms with Gasteiger partial charge in [-0.2, -0.15) is 0 Å². The third kappa shape index (κ3) is 4.21. The van der Waals surface area contributed by atoms with Gasteiger partial charge in [0.2, 0.25) is 0 Å². The van der Waals surface area contributed by atoms with Crippen LogP contribution in [0, 0.1) is 0 Å². The summed E-state index contributed by atoms with van der Waals surface area (Å²) in [4.78, 5) is 13.1. The lowest BCUT2D eigenvalue weighted by molar-refractivity contribution is 0.199. The highest BCUT2D eigenvalue weighted by molar-refractivity contribution is 5.73. The second-order valence-electron chi connectivity index (χ2n) is 2.90. The molecular weight excluding hydrogens is 152 g/mol. The number of rotatable bonds is 5. The van der Waals surface area contributed by atoms with Gasteiger partial charge in [-0.05, 0) is 12.8 Å². The minimum absolute atomic E-state index is 0. The van der Waals surface area contributed by atoms with Crippen molar-refractivity contribution in [2.24, 2.45) is 0 Å². The molecule has 0 fully saturated rings. The second-order valence-corrected chi connectivity index (χ2v) is 2.90. The predicted octanol–water partition coefficient (Wildman–Crippen LogP) is 2.08. The zero-order valence-corrected chi connectivity index (χ0v) is 8.39. The summed E-state index contributed by atoms with van der Waals surface area (Å²) in [5.74, 6) is 0. The van der Waals surface area contributed by atoms with Crippen molar-refractivity contribution in [2.75, 3.05) is 20.1 Å². The third-order valence-electron chi connectivity index (χ3n) is 1.78. The molecule has 0 aromatic rings. The molecule has 1 N–H and O–H groups in total. The van der Waals surface area contributed by atoms with Crippen LogP contribution in [0.5, 0.6) is 0 Å². The fraction of sp³-hybridized carbons (Fsp3) is 0.889. The Bertz CT molecular complexity index is 131. The summed E-state index contributed by atoms with van der Waals surface area (Å²) in [6.07, 6.45) is 3.25. The first kappa shape index (κ1) is 11.3. The molecule has 0 aliphatic rings. The van der Waals surface area contributed by atoms with Gasteiger partial charge in [-0.15, -0.1) is 0 Å². The van der Waals surface area contributed by atoms with Crippen LogP contribution < -0.4 is 5.32 Å². The van der Waals surface area contributed by atoms with Crippen molar-refractivity contribution in [2.45, 2.75) is 33.1 Å². The van der Waals surface area contributed by atoms with Crippen LogP contribution in [0.15, 0.2) is 0 Å². The lowest BCUT2D eigenvalue weighted by Gasteiger charge is -2.20. The molecule has 74 valence electrons. The summed E-state index contributed by atoms with van der Waals surface area (Å²) in [5, 5.41) is 2.65. The molecule has 3 heteroatoms. The summed E-state index contributed by atoms with van der Waals surface area (Å²) >= 11 is 0. The fourth-order valence-corrected chi connectivity index (χ4v) is 1.09. The van der Waals surface area contributed by atoms with E-state index in [1.165, 1.54) is 0 Å². The van der Waals surface area contributed by atoms with Gasteiger partial charge < -0.3 is 10.2 Å². The largest absolute Gasteiger partial charge is 0.341 e. The highest BCUT2D eigenvalue weighted by Crippen LogP contribution is 1.96. The van der Waals surface area contributed by atoms with Crippen LogP contribution in [0.2, 0.25) is 0 Å². The Balaban J connectivity index is 0. The molecule has 0 rings (SSSR count). The standard InChI is InChI=1S/C9H20N2O.H2/c1-4-6-8-11(7-5-2)9(12)10-3;/h4-8H2,1-3H3,(H,10,12);1H. The highest BCUT2D eigenvalue weighted by Gasteiger charge is 2.08. The number of amides is 2. The molecule has 0 saturated heterocycles. The predicted molar refractivity (Wildman–Crippen MR) is 53.3 cm³/mol. The summed E-state index contributed by atoms with van der Waals surface area (Å²) < 4.78 is 0. The Labute approximate surface area is 76.6 Å². The van der Waals surface area contributed by atoms with Crippen LogP contribution in [0.25, 0.3) is 0 Å². The Kier molecular flexibility index (Phi) is 6.53. The van der Waals surface area contributed by atoms with Gasteiger partial charge in [-0.25, -0.2) is 4.79 Å². The zero-order valence-electron chi connectivity index (χ0n) is 8.39. The maximum Gasteiger partial charge on any atom is 0.317 e. The van der Waals surface area contributed by atoms with E-state index >= 15 is 0 Å². The Morgan fingerprint density at radius 1 is 1.33 bits per heavy atom. The zero-order chi connectivity index (χ0) is 9.40. The molecule has 0 heterocycles. The van der Waals surface area contributed by atoms with E-state index in [1.807, 2.05) is 4.90 Å². The molecule has 3 nitrogen and oxygen atoms in total. The van der Waals surface area contributed by atoms with Gasteiger partial charge in [-0.3, -0.25) is 0 Å². The van der Waals surface area contributed by atoms with Crippen molar-refractivity contribution in [3.8, 4) is 0 Å². The van der Waals surface area contributed by atoms with E-state index in [2.05, 4.69) is 19.2 Å². The van der Waals surface area contributed by atoms with Gasteiger partial charge in [-0.1, -0.05) is 20.3 Å². The van der Waals surface area contributed by atoms with Crippen LogP contribution in [-0.2, 0) is 0 Å². The monoisotopic (exact) mass is 174 g/mol. The lowest BCUT2D eigenvalue weighted by Crippen LogP contribution is -2.39. The fourth-order valence-electron chi connectivity index (χ4n) is 1.09. The summed E-state index contributed by atoms with van der Waals surface area (Å²) in [5.41, 5.74) is 0. The number of carbonyl (C=O) groups excluding carboxylic acids is 1. The minimum Gasteiger partial charge on any atom is -0.341 e. The molecule has 0 radical (unpaired) electrons. The average molecular weight is 174 g/mol. The maximum absolute atomic E-state index is 11.2. The average Bonchev–Trinajstić information content (AvgIpc) is 2.11. The van der Waals surface area contributed by atoms with Gasteiger partial charge in [0.1, 0.15) is 0 Å². The Morgan fingerprint density at radius 3 is 2.42 bits per heavy atom. The Morgan fingerprint density at radius 2 is 2.00 bits per heavy atom. The molecule has 0 aliphatic carbocycles. The van der Waals surface area contributed by atoms with E-state index in [9.17, 15) is 4.79 Å². The first-order chi connectivity index (χ1) is 5.76. The highest BCUT2D eigenvalue weighted by atomic mass is 16.2. The molecule has 0 aliphatic heterocycles. The number of nitrogens with zero attached hydrogens (tertiary/aromatic N) is 1. The minimum atomic E-state index is 0. The van der Waals surface area contributed by atoms with Gasteiger partial charge >= 0.3 is 6.03 Å². The first-order valence-electron chi connectivity index (χ1n) is 4.72. The molecule has 0 saturated carbocycles. The molecule has 0 unspecified atom stereocenters. The molecule has 0 aromatic heterocycles. The quantitative estimate of drug-likeness (QED) is 0.680. The van der Waals surface area contributed by atoms with Crippen LogP contribution in [0.3, 0.4) is 0 Å². The normalized spacial score (nSPS) is 9.58. The molecule has 0 aromatic carbocycles. The van der Waals surface area contributed by atoms with Crippen molar-refractivity contribution in [3.05, 3.63) is 0 Å². The molecule has 0 spiro atoms. The van der Waals surface area contributed by atoms with E-state index in [4.69, 9.17) is 0 Å². The molecule has 0 bridgehead atoms. The van der Waals surface area contributed by atoms with Crippen LogP contribution >= 0.6 is 0 Å². The second kappa shape index (κ2) is 6.95. The van der Waals surface area contributed by atoms with Crippen LogP contribution in [0.1, 0.15) is 34.5 Å². The van der Waals surface area contributed by atoms with Crippen molar-refractivity contribution in [3.63, 3.8) is 0 Å². The van der Waals surface area contributed by atoms with Crippen molar-refractivity contribution in [1.82, 2.24) is 10.2 Å². The summed E-state index contributed by atoms with van der Waals surface area (Å²) in [6, 6.07) is 0.0466. The van der Waals surface area contributed by atoms with Gasteiger partial charge in [0, 0.05) is 21.6 Å². The molecular formula is C9H22N2O. The van der Waals surface area contributed by atoms with Gasteiger partial charge in [0.15, 0.2) is 0 Å². The maximum atomic E-state index is 11.2. The lowest BCUT2D eigenvalue weighted by atomic mass is 10.3. The van der Waals surface area contributed by atoms with Gasteiger partial charge in [0.05, 0.1) is 0 Å². The summed E-state index contributed by atoms with van der Waals surface area (Å²) in [6.45, 7) is 5.96. The van der Waals surface area contributed by atoms with Crippen molar-refractivity contribution in [1.29, 1.82) is 0 Å². The molecule has 12 heavy (non-hydrogen) atoms. The first-order valence-corrected chi connectivity index (χ1v) is 4.72. The third-order valence-corrected chi connectivity index (χ3v) is 1.78. The van der Waals surface area contributed by atoms with E-state index in [0.717, 1.165) is 32.4 Å². The van der Waals surface area contributed by atoms with E-state index in [1.54, 1.807) is 7.05 Å². The van der Waals surface area contributed by atoms with Gasteiger partial charge in [0.25, 0.3) is 0 Å². The number of hydrogen-bond acceptors (Lipinski definition) is 1. The van der Waals surface area contributed by atoms with Crippen LogP contribution in [0.4, 0.5) is 4.79 Å².